The van der Waals surface area contributed by atoms with E-state index in [-0.39, 0.29) is 17.9 Å². The van der Waals surface area contributed by atoms with Crippen molar-refractivity contribution in [1.82, 2.24) is 15.1 Å². The second-order valence-electron chi connectivity index (χ2n) is 4.83. The zero-order valence-corrected chi connectivity index (χ0v) is 10.9. The van der Waals surface area contributed by atoms with Crippen molar-refractivity contribution in [2.24, 2.45) is 0 Å². The Bertz CT molecular complexity index is 308. The summed E-state index contributed by atoms with van der Waals surface area (Å²) < 4.78 is 4.64. The van der Waals surface area contributed by atoms with Crippen molar-refractivity contribution in [2.45, 2.75) is 18.9 Å². The number of carbonyl (C=O) groups is 2. The number of carbonyl (C=O) groups excluding carboxylic acids is 2. The summed E-state index contributed by atoms with van der Waals surface area (Å²) in [5, 5.41) is 3.23. The van der Waals surface area contributed by atoms with E-state index in [1.165, 1.54) is 7.11 Å². The lowest BCUT2D eigenvalue weighted by atomic mass is 10.2. The normalized spacial score (nSPS) is 25.2. The van der Waals surface area contributed by atoms with E-state index in [4.69, 9.17) is 0 Å². The van der Waals surface area contributed by atoms with Crippen LogP contribution in [0.4, 0.5) is 0 Å². The number of hydrogen-bond donors (Lipinski definition) is 1. The molecule has 6 heteroatoms. The predicted octanol–water partition coefficient (Wildman–Crippen LogP) is -0.944. The summed E-state index contributed by atoms with van der Waals surface area (Å²) in [4.78, 5) is 27.2. The van der Waals surface area contributed by atoms with Gasteiger partial charge >= 0.3 is 5.97 Å². The van der Waals surface area contributed by atoms with E-state index in [0.717, 1.165) is 32.5 Å². The molecular weight excluding hydrogens is 234 g/mol. The number of methoxy groups -OCH3 is 1. The van der Waals surface area contributed by atoms with Gasteiger partial charge in [-0.25, -0.2) is 0 Å². The fraction of sp³-hybridized carbons (Fsp3) is 0.833. The number of piperazine rings is 1. The summed E-state index contributed by atoms with van der Waals surface area (Å²) in [7, 11) is 1.40. The summed E-state index contributed by atoms with van der Waals surface area (Å²) in [6.07, 6.45) is 2.03. The number of hydrogen-bond acceptors (Lipinski definition) is 5. The van der Waals surface area contributed by atoms with Crippen LogP contribution in [0.25, 0.3) is 0 Å². The molecule has 2 heterocycles. The number of ether oxygens (including phenoxy) is 1. The third-order valence-electron chi connectivity index (χ3n) is 3.62. The molecule has 1 N–H and O–H groups in total. The maximum atomic E-state index is 12.1. The summed E-state index contributed by atoms with van der Waals surface area (Å²) in [5.41, 5.74) is 0. The molecule has 2 saturated heterocycles. The molecule has 0 aromatic heterocycles. The molecule has 18 heavy (non-hydrogen) atoms. The van der Waals surface area contributed by atoms with Crippen LogP contribution in [0.5, 0.6) is 0 Å². The Morgan fingerprint density at radius 2 is 2.00 bits per heavy atom. The fourth-order valence-electron chi connectivity index (χ4n) is 2.49. The number of nitrogens with one attached hydrogen (secondary N) is 1. The second-order valence-corrected chi connectivity index (χ2v) is 4.83. The second kappa shape index (κ2) is 6.15. The molecule has 0 aliphatic carbocycles. The molecule has 1 amide bonds. The van der Waals surface area contributed by atoms with Crippen molar-refractivity contribution in [2.75, 3.05) is 46.4 Å². The minimum atomic E-state index is -0.216. The molecule has 102 valence electrons. The highest BCUT2D eigenvalue weighted by Gasteiger charge is 2.29. The van der Waals surface area contributed by atoms with Crippen LogP contribution in [0, 0.1) is 0 Å². The molecule has 0 unspecified atom stereocenters. The fourth-order valence-corrected chi connectivity index (χ4v) is 2.49. The van der Waals surface area contributed by atoms with Crippen molar-refractivity contribution in [3.8, 4) is 0 Å². The Labute approximate surface area is 107 Å². The Morgan fingerprint density at radius 1 is 1.28 bits per heavy atom. The van der Waals surface area contributed by atoms with Gasteiger partial charge in [-0.15, -0.1) is 0 Å². The molecule has 1 atom stereocenters. The molecule has 0 saturated carbocycles. The van der Waals surface area contributed by atoms with E-state index in [9.17, 15) is 9.59 Å². The van der Waals surface area contributed by atoms with E-state index in [2.05, 4.69) is 10.1 Å². The number of amides is 1. The van der Waals surface area contributed by atoms with Crippen LogP contribution in [-0.2, 0) is 14.3 Å². The summed E-state index contributed by atoms with van der Waals surface area (Å²) >= 11 is 0. The Hall–Kier alpha value is -1.14. The van der Waals surface area contributed by atoms with E-state index >= 15 is 0 Å². The summed E-state index contributed by atoms with van der Waals surface area (Å²) in [6.45, 7) is 4.15. The van der Waals surface area contributed by atoms with Crippen LogP contribution in [0.3, 0.4) is 0 Å². The van der Waals surface area contributed by atoms with E-state index in [1.54, 1.807) is 0 Å². The monoisotopic (exact) mass is 255 g/mol. The lowest BCUT2D eigenvalue weighted by Crippen LogP contribution is -2.53. The highest BCUT2D eigenvalue weighted by molar-refractivity contribution is 5.82. The van der Waals surface area contributed by atoms with Crippen molar-refractivity contribution < 1.29 is 14.3 Å². The first-order chi connectivity index (χ1) is 8.70. The van der Waals surface area contributed by atoms with Gasteiger partial charge in [0.15, 0.2) is 0 Å². The zero-order valence-electron chi connectivity index (χ0n) is 10.9. The van der Waals surface area contributed by atoms with Crippen LogP contribution < -0.4 is 5.32 Å². The lowest BCUT2D eigenvalue weighted by Gasteiger charge is -2.35. The van der Waals surface area contributed by atoms with Crippen molar-refractivity contribution in [1.29, 1.82) is 0 Å². The van der Waals surface area contributed by atoms with E-state index in [0.29, 0.717) is 19.6 Å². The molecule has 0 spiro atoms. The first kappa shape index (κ1) is 13.3. The van der Waals surface area contributed by atoms with Gasteiger partial charge in [0.1, 0.15) is 0 Å². The first-order valence-corrected chi connectivity index (χ1v) is 6.52. The van der Waals surface area contributed by atoms with E-state index in [1.807, 2.05) is 9.80 Å². The SMILES string of the molecule is COC(=O)CN1CCN(C(=O)[C@H]2CCCN2)CC1. The summed E-state index contributed by atoms with van der Waals surface area (Å²) in [5.74, 6) is -0.00236. The van der Waals surface area contributed by atoms with Gasteiger partial charge in [0.2, 0.25) is 5.91 Å². The number of nitrogens with zero attached hydrogens (tertiary/aromatic N) is 2. The molecule has 0 aromatic carbocycles. The maximum Gasteiger partial charge on any atom is 0.319 e. The molecule has 2 fully saturated rings. The standard InChI is InChI=1S/C12H21N3O3/c1-18-11(16)9-14-5-7-15(8-6-14)12(17)10-3-2-4-13-10/h10,13H,2-9H2,1H3/t10-/m1/s1. The van der Waals surface area contributed by atoms with Crippen molar-refractivity contribution >= 4 is 11.9 Å². The van der Waals surface area contributed by atoms with Gasteiger partial charge in [-0.05, 0) is 19.4 Å². The van der Waals surface area contributed by atoms with Crippen LogP contribution in [0.15, 0.2) is 0 Å². The molecule has 0 radical (unpaired) electrons. The smallest absolute Gasteiger partial charge is 0.319 e. The predicted molar refractivity (Wildman–Crippen MR) is 66.1 cm³/mol. The number of esters is 1. The lowest BCUT2D eigenvalue weighted by molar-refractivity contribution is -0.143. The third kappa shape index (κ3) is 3.20. The largest absolute Gasteiger partial charge is 0.468 e. The molecule has 2 aliphatic heterocycles. The summed E-state index contributed by atoms with van der Waals surface area (Å²) in [6, 6.07) is 0.0113. The average Bonchev–Trinajstić information content (AvgIpc) is 2.92. The quantitative estimate of drug-likeness (QED) is 0.659. The van der Waals surface area contributed by atoms with Gasteiger partial charge in [-0.3, -0.25) is 14.5 Å². The first-order valence-electron chi connectivity index (χ1n) is 6.52. The Balaban J connectivity index is 1.75. The van der Waals surface area contributed by atoms with Crippen LogP contribution >= 0.6 is 0 Å². The average molecular weight is 255 g/mol. The molecule has 0 aromatic rings. The van der Waals surface area contributed by atoms with Gasteiger partial charge in [0.25, 0.3) is 0 Å². The highest BCUT2D eigenvalue weighted by atomic mass is 16.5. The van der Waals surface area contributed by atoms with Crippen LogP contribution in [-0.4, -0.2) is 74.1 Å². The Kier molecular flexibility index (Phi) is 4.54. The van der Waals surface area contributed by atoms with Gasteiger partial charge in [0, 0.05) is 26.2 Å². The minimum absolute atomic E-state index is 0.0113. The molecular formula is C12H21N3O3. The van der Waals surface area contributed by atoms with Crippen molar-refractivity contribution in [3.05, 3.63) is 0 Å². The molecule has 2 aliphatic rings. The van der Waals surface area contributed by atoms with Gasteiger partial charge in [-0.1, -0.05) is 0 Å². The van der Waals surface area contributed by atoms with E-state index < -0.39 is 0 Å². The minimum Gasteiger partial charge on any atom is -0.468 e. The van der Waals surface area contributed by atoms with Crippen molar-refractivity contribution in [3.63, 3.8) is 0 Å². The molecule has 0 bridgehead atoms. The van der Waals surface area contributed by atoms with Gasteiger partial charge in [-0.2, -0.15) is 0 Å². The van der Waals surface area contributed by atoms with Crippen LogP contribution in [0.2, 0.25) is 0 Å². The van der Waals surface area contributed by atoms with Gasteiger partial charge in [0.05, 0.1) is 19.7 Å². The zero-order chi connectivity index (χ0) is 13.0. The van der Waals surface area contributed by atoms with Gasteiger partial charge < -0.3 is 15.0 Å². The van der Waals surface area contributed by atoms with Crippen LogP contribution in [0.1, 0.15) is 12.8 Å². The third-order valence-corrected chi connectivity index (χ3v) is 3.62. The Morgan fingerprint density at radius 3 is 2.56 bits per heavy atom. The maximum absolute atomic E-state index is 12.1. The number of rotatable bonds is 3. The topological polar surface area (TPSA) is 61.9 Å². The molecule has 2 rings (SSSR count). The highest BCUT2D eigenvalue weighted by Crippen LogP contribution is 2.10. The molecule has 6 nitrogen and oxygen atoms in total.